The lowest BCUT2D eigenvalue weighted by molar-refractivity contribution is -0.129. The number of rotatable bonds is 3. The summed E-state index contributed by atoms with van der Waals surface area (Å²) >= 11 is 1.51. The van der Waals surface area contributed by atoms with Crippen LogP contribution < -0.4 is 5.73 Å². The second-order valence-electron chi connectivity index (χ2n) is 4.39. The van der Waals surface area contributed by atoms with Crippen molar-refractivity contribution in [2.75, 3.05) is 44.7 Å². The lowest BCUT2D eigenvalue weighted by Crippen LogP contribution is -2.47. The summed E-state index contributed by atoms with van der Waals surface area (Å²) in [4.78, 5) is 21.1. The first-order chi connectivity index (χ1) is 8.65. The molecule has 1 aliphatic rings. The standard InChI is InChI=1S/C12H18N4OS/c1-15-4-6-16(7-5-15)12(17)9-18-10-2-3-11(13)14-8-10/h2-3,8H,4-7,9H2,1H3,(H2,13,14). The molecule has 6 heteroatoms. The molecule has 1 aromatic rings. The Balaban J connectivity index is 1.79. The molecule has 2 N–H and O–H groups in total. The number of nitrogens with zero attached hydrogens (tertiary/aromatic N) is 3. The number of anilines is 1. The van der Waals surface area contributed by atoms with Crippen molar-refractivity contribution in [3.63, 3.8) is 0 Å². The SMILES string of the molecule is CN1CCN(C(=O)CSc2ccc(N)nc2)CC1. The molecule has 0 spiro atoms. The number of aromatic nitrogens is 1. The molecule has 0 aromatic carbocycles. The van der Waals surface area contributed by atoms with Crippen LogP contribution in [0.5, 0.6) is 0 Å². The molecule has 98 valence electrons. The first-order valence-electron chi connectivity index (χ1n) is 5.96. The van der Waals surface area contributed by atoms with Gasteiger partial charge >= 0.3 is 0 Å². The fourth-order valence-corrected chi connectivity index (χ4v) is 2.53. The van der Waals surface area contributed by atoms with Gasteiger partial charge in [0.1, 0.15) is 5.82 Å². The number of amides is 1. The third-order valence-electron chi connectivity index (χ3n) is 2.98. The number of nitrogens with two attached hydrogens (primary N) is 1. The minimum atomic E-state index is 0.199. The summed E-state index contributed by atoms with van der Waals surface area (Å²) in [5.74, 6) is 1.17. The molecule has 0 unspecified atom stereocenters. The predicted molar refractivity (Wildman–Crippen MR) is 73.5 cm³/mol. The molecular weight excluding hydrogens is 248 g/mol. The summed E-state index contributed by atoms with van der Waals surface area (Å²) in [6.07, 6.45) is 1.71. The van der Waals surface area contributed by atoms with Gasteiger partial charge in [0.25, 0.3) is 0 Å². The fourth-order valence-electron chi connectivity index (χ4n) is 1.77. The third kappa shape index (κ3) is 3.61. The smallest absolute Gasteiger partial charge is 0.233 e. The minimum Gasteiger partial charge on any atom is -0.384 e. The van der Waals surface area contributed by atoms with Crippen molar-refractivity contribution in [2.45, 2.75) is 4.90 Å². The molecule has 0 radical (unpaired) electrons. The Labute approximate surface area is 111 Å². The molecule has 5 nitrogen and oxygen atoms in total. The van der Waals surface area contributed by atoms with Crippen molar-refractivity contribution in [1.29, 1.82) is 0 Å². The number of pyridine rings is 1. The fraction of sp³-hybridized carbons (Fsp3) is 0.500. The van der Waals surface area contributed by atoms with E-state index >= 15 is 0 Å². The van der Waals surface area contributed by atoms with E-state index < -0.39 is 0 Å². The van der Waals surface area contributed by atoms with Gasteiger partial charge in [-0.05, 0) is 19.2 Å². The van der Waals surface area contributed by atoms with Gasteiger partial charge in [-0.2, -0.15) is 0 Å². The van der Waals surface area contributed by atoms with Crippen molar-refractivity contribution < 1.29 is 4.79 Å². The van der Waals surface area contributed by atoms with Crippen molar-refractivity contribution in [1.82, 2.24) is 14.8 Å². The number of nitrogen functional groups attached to an aromatic ring is 1. The van der Waals surface area contributed by atoms with Crippen LogP contribution in [0, 0.1) is 0 Å². The van der Waals surface area contributed by atoms with Crippen LogP contribution in [0.25, 0.3) is 0 Å². The summed E-state index contributed by atoms with van der Waals surface area (Å²) in [6.45, 7) is 3.57. The number of carbonyl (C=O) groups excluding carboxylic acids is 1. The lowest BCUT2D eigenvalue weighted by Gasteiger charge is -2.32. The highest BCUT2D eigenvalue weighted by Gasteiger charge is 2.18. The predicted octanol–water partition coefficient (Wildman–Crippen LogP) is 0.530. The van der Waals surface area contributed by atoms with E-state index in [1.165, 1.54) is 11.8 Å². The van der Waals surface area contributed by atoms with E-state index in [4.69, 9.17) is 5.73 Å². The number of thioether (sulfide) groups is 1. The molecule has 1 aliphatic heterocycles. The number of hydrogen-bond donors (Lipinski definition) is 1. The number of hydrogen-bond acceptors (Lipinski definition) is 5. The Morgan fingerprint density at radius 3 is 2.72 bits per heavy atom. The van der Waals surface area contributed by atoms with Crippen molar-refractivity contribution in [3.05, 3.63) is 18.3 Å². The number of piperazine rings is 1. The quantitative estimate of drug-likeness (QED) is 0.809. The van der Waals surface area contributed by atoms with Crippen LogP contribution in [0.1, 0.15) is 0 Å². The molecule has 2 rings (SSSR count). The van der Waals surface area contributed by atoms with Crippen molar-refractivity contribution in [2.24, 2.45) is 0 Å². The summed E-state index contributed by atoms with van der Waals surface area (Å²) in [5, 5.41) is 0. The Bertz CT molecular complexity index is 401. The largest absolute Gasteiger partial charge is 0.384 e. The third-order valence-corrected chi connectivity index (χ3v) is 3.94. The average molecular weight is 266 g/mol. The number of carbonyl (C=O) groups is 1. The molecule has 0 bridgehead atoms. The monoisotopic (exact) mass is 266 g/mol. The molecule has 0 atom stereocenters. The first kappa shape index (κ1) is 13.2. The van der Waals surface area contributed by atoms with E-state index in [1.807, 2.05) is 11.0 Å². The highest BCUT2D eigenvalue weighted by atomic mass is 32.2. The van der Waals surface area contributed by atoms with Crippen molar-refractivity contribution >= 4 is 23.5 Å². The van der Waals surface area contributed by atoms with Crippen LogP contribution in [0.2, 0.25) is 0 Å². The van der Waals surface area contributed by atoms with Crippen LogP contribution in [-0.2, 0) is 4.79 Å². The lowest BCUT2D eigenvalue weighted by atomic mass is 10.3. The molecule has 2 heterocycles. The highest BCUT2D eigenvalue weighted by molar-refractivity contribution is 8.00. The molecule has 1 fully saturated rings. The van der Waals surface area contributed by atoms with Crippen LogP contribution in [0.15, 0.2) is 23.2 Å². The maximum atomic E-state index is 12.0. The van der Waals surface area contributed by atoms with E-state index in [-0.39, 0.29) is 5.91 Å². The van der Waals surface area contributed by atoms with Crippen LogP contribution in [0.4, 0.5) is 5.82 Å². The second-order valence-corrected chi connectivity index (χ2v) is 5.44. The van der Waals surface area contributed by atoms with Gasteiger partial charge in [0.15, 0.2) is 0 Å². The van der Waals surface area contributed by atoms with Crippen LogP contribution in [-0.4, -0.2) is 59.7 Å². The van der Waals surface area contributed by atoms with E-state index in [0.29, 0.717) is 11.6 Å². The molecular formula is C12H18N4OS. The Hall–Kier alpha value is -1.27. The number of likely N-dealkylation sites (N-methyl/N-ethyl adjacent to an activating group) is 1. The Kier molecular flexibility index (Phi) is 4.43. The molecule has 18 heavy (non-hydrogen) atoms. The summed E-state index contributed by atoms with van der Waals surface area (Å²) < 4.78 is 0. The molecule has 0 aliphatic carbocycles. The van der Waals surface area contributed by atoms with E-state index in [0.717, 1.165) is 31.1 Å². The summed E-state index contributed by atoms with van der Waals surface area (Å²) in [6, 6.07) is 3.65. The summed E-state index contributed by atoms with van der Waals surface area (Å²) in [5.41, 5.74) is 5.51. The van der Waals surface area contributed by atoms with Gasteiger partial charge in [-0.25, -0.2) is 4.98 Å². The van der Waals surface area contributed by atoms with Crippen LogP contribution >= 0.6 is 11.8 Å². The van der Waals surface area contributed by atoms with E-state index in [1.54, 1.807) is 12.3 Å². The zero-order valence-corrected chi connectivity index (χ0v) is 11.3. The van der Waals surface area contributed by atoms with Gasteiger partial charge in [-0.1, -0.05) is 0 Å². The normalized spacial score (nSPS) is 16.8. The first-order valence-corrected chi connectivity index (χ1v) is 6.94. The van der Waals surface area contributed by atoms with Gasteiger partial charge in [0.05, 0.1) is 5.75 Å². The van der Waals surface area contributed by atoms with Gasteiger partial charge in [-0.3, -0.25) is 4.79 Å². The van der Waals surface area contributed by atoms with Gasteiger partial charge in [0, 0.05) is 37.3 Å². The Morgan fingerprint density at radius 1 is 1.39 bits per heavy atom. The van der Waals surface area contributed by atoms with Crippen molar-refractivity contribution in [3.8, 4) is 0 Å². The maximum absolute atomic E-state index is 12.0. The average Bonchev–Trinajstić information content (AvgIpc) is 2.38. The van der Waals surface area contributed by atoms with Crippen LogP contribution in [0.3, 0.4) is 0 Å². The molecule has 1 amide bonds. The summed E-state index contributed by atoms with van der Waals surface area (Å²) in [7, 11) is 2.08. The zero-order valence-electron chi connectivity index (χ0n) is 10.5. The zero-order chi connectivity index (χ0) is 13.0. The maximum Gasteiger partial charge on any atom is 0.233 e. The topological polar surface area (TPSA) is 62.5 Å². The molecule has 1 aromatic heterocycles. The molecule has 1 saturated heterocycles. The Morgan fingerprint density at radius 2 is 2.11 bits per heavy atom. The second kappa shape index (κ2) is 6.06. The van der Waals surface area contributed by atoms with Gasteiger partial charge in [0.2, 0.25) is 5.91 Å². The van der Waals surface area contributed by atoms with Gasteiger partial charge < -0.3 is 15.5 Å². The van der Waals surface area contributed by atoms with E-state index in [9.17, 15) is 4.79 Å². The molecule has 0 saturated carbocycles. The minimum absolute atomic E-state index is 0.199. The highest BCUT2D eigenvalue weighted by Crippen LogP contribution is 2.18. The van der Waals surface area contributed by atoms with Gasteiger partial charge in [-0.15, -0.1) is 11.8 Å². The van der Waals surface area contributed by atoms with E-state index in [2.05, 4.69) is 16.9 Å².